The first-order valence-corrected chi connectivity index (χ1v) is 14.8. The number of rotatable bonds is 8. The summed E-state index contributed by atoms with van der Waals surface area (Å²) in [6.45, 7) is 1.82. The van der Waals surface area contributed by atoms with Crippen LogP contribution in [0, 0.1) is 11.8 Å². The minimum absolute atomic E-state index is 0.0189. The summed E-state index contributed by atoms with van der Waals surface area (Å²) in [5, 5.41) is 1.13. The van der Waals surface area contributed by atoms with Crippen LogP contribution in [0.2, 0.25) is 5.15 Å². The van der Waals surface area contributed by atoms with Gasteiger partial charge in [0.15, 0.2) is 9.84 Å². The highest BCUT2D eigenvalue weighted by molar-refractivity contribution is 7.92. The summed E-state index contributed by atoms with van der Waals surface area (Å²) in [7, 11) is -4.78. The van der Waals surface area contributed by atoms with Gasteiger partial charge in [-0.3, -0.25) is 19.6 Å². The van der Waals surface area contributed by atoms with E-state index >= 15 is 0 Å². The molecule has 1 aromatic heterocycles. The normalized spacial score (nSPS) is 24.5. The van der Waals surface area contributed by atoms with Crippen molar-refractivity contribution in [3.8, 4) is 11.3 Å². The van der Waals surface area contributed by atoms with Crippen molar-refractivity contribution >= 4 is 40.0 Å². The first-order valence-electron chi connectivity index (χ1n) is 12.9. The number of hydrogen-bond acceptors (Lipinski definition) is 7. The van der Waals surface area contributed by atoms with Gasteiger partial charge in [0, 0.05) is 5.56 Å². The number of aliphatic imine (C=N–C) groups is 1. The van der Waals surface area contributed by atoms with E-state index in [1.807, 2.05) is 0 Å². The lowest BCUT2D eigenvalue weighted by Gasteiger charge is -2.40. The number of carbonyl (C=O) groups is 2. The fourth-order valence-electron chi connectivity index (χ4n) is 5.57. The van der Waals surface area contributed by atoms with Gasteiger partial charge in [0.2, 0.25) is 11.8 Å². The van der Waals surface area contributed by atoms with E-state index in [-0.39, 0.29) is 23.0 Å². The second-order valence-electron chi connectivity index (χ2n) is 11.0. The van der Waals surface area contributed by atoms with E-state index in [0.29, 0.717) is 18.9 Å². The van der Waals surface area contributed by atoms with Crippen LogP contribution in [0.15, 0.2) is 40.5 Å². The first kappa shape index (κ1) is 30.3. The van der Waals surface area contributed by atoms with E-state index in [1.54, 1.807) is 0 Å². The fraction of sp³-hybridized carbons (Fsp3) is 0.500. The number of nitrogens with one attached hydrogen (secondary N) is 1. The molecule has 1 N–H and O–H groups in total. The van der Waals surface area contributed by atoms with Crippen LogP contribution in [-0.4, -0.2) is 78.2 Å². The number of benzene rings is 1. The SMILES string of the molecule is C=NCC1(NC(=O)C2CC(S(=O)(=O)c3ccc(-c4cncc(Cl)n4)cc3C(F)(F)F)CC2C(=O)N2CC(F)(F)C2)CC1. The van der Waals surface area contributed by atoms with Crippen molar-refractivity contribution in [1.82, 2.24) is 20.2 Å². The Morgan fingerprint density at radius 3 is 2.38 bits per heavy atom. The van der Waals surface area contributed by atoms with Crippen LogP contribution >= 0.6 is 11.6 Å². The van der Waals surface area contributed by atoms with Crippen molar-refractivity contribution in [2.75, 3.05) is 19.6 Å². The zero-order valence-electron chi connectivity index (χ0n) is 21.9. The number of sulfone groups is 1. The number of aromatic nitrogens is 2. The third kappa shape index (κ3) is 5.85. The minimum Gasteiger partial charge on any atom is -0.349 e. The highest BCUT2D eigenvalue weighted by atomic mass is 35.5. The van der Waals surface area contributed by atoms with Gasteiger partial charge in [0.25, 0.3) is 5.92 Å². The summed E-state index contributed by atoms with van der Waals surface area (Å²) in [6.07, 6.45) is -2.59. The summed E-state index contributed by atoms with van der Waals surface area (Å²) in [4.78, 5) is 37.8. The second-order valence-corrected chi connectivity index (χ2v) is 13.6. The van der Waals surface area contributed by atoms with E-state index in [4.69, 9.17) is 11.6 Å². The largest absolute Gasteiger partial charge is 0.417 e. The predicted molar refractivity (Wildman–Crippen MR) is 141 cm³/mol. The van der Waals surface area contributed by atoms with Gasteiger partial charge in [-0.05, 0) is 44.5 Å². The van der Waals surface area contributed by atoms with Crippen molar-refractivity contribution < 1.29 is 40.0 Å². The molecule has 9 nitrogen and oxygen atoms in total. The van der Waals surface area contributed by atoms with Crippen molar-refractivity contribution in [2.24, 2.45) is 16.8 Å². The molecule has 42 heavy (non-hydrogen) atoms. The maximum Gasteiger partial charge on any atom is 0.417 e. The highest BCUT2D eigenvalue weighted by Crippen LogP contribution is 2.45. The van der Waals surface area contributed by atoms with E-state index in [0.717, 1.165) is 17.0 Å². The number of likely N-dealkylation sites (tertiary alicyclic amines) is 1. The summed E-state index contributed by atoms with van der Waals surface area (Å²) in [5.74, 6) is -7.20. The Morgan fingerprint density at radius 2 is 1.81 bits per heavy atom. The Hall–Kier alpha value is -3.20. The summed E-state index contributed by atoms with van der Waals surface area (Å²) >= 11 is 5.80. The molecule has 3 unspecified atom stereocenters. The number of amides is 2. The third-order valence-electron chi connectivity index (χ3n) is 7.92. The molecule has 2 saturated carbocycles. The molecule has 1 saturated heterocycles. The summed E-state index contributed by atoms with van der Waals surface area (Å²) in [5.41, 5.74) is -2.27. The van der Waals surface area contributed by atoms with Crippen molar-refractivity contribution in [2.45, 2.75) is 53.5 Å². The predicted octanol–water partition coefficient (Wildman–Crippen LogP) is 3.81. The Kier molecular flexibility index (Phi) is 7.57. The molecule has 1 aromatic carbocycles. The molecule has 226 valence electrons. The molecular weight excluding hydrogens is 609 g/mol. The molecule has 3 fully saturated rings. The van der Waals surface area contributed by atoms with Crippen molar-refractivity contribution in [3.63, 3.8) is 0 Å². The van der Waals surface area contributed by atoms with Gasteiger partial charge in [0.05, 0.1) is 70.8 Å². The van der Waals surface area contributed by atoms with Gasteiger partial charge >= 0.3 is 6.18 Å². The van der Waals surface area contributed by atoms with Crippen molar-refractivity contribution in [1.29, 1.82) is 0 Å². The fourth-order valence-corrected chi connectivity index (χ4v) is 7.74. The average molecular weight is 634 g/mol. The zero-order chi connectivity index (χ0) is 30.7. The molecule has 5 rings (SSSR count). The maximum absolute atomic E-state index is 14.2. The van der Waals surface area contributed by atoms with Crippen molar-refractivity contribution in [3.05, 3.63) is 41.3 Å². The summed E-state index contributed by atoms with van der Waals surface area (Å²) < 4.78 is 97.2. The molecule has 16 heteroatoms. The van der Waals surface area contributed by atoms with Gasteiger partial charge in [0.1, 0.15) is 5.15 Å². The average Bonchev–Trinajstić information content (AvgIpc) is 3.48. The van der Waals surface area contributed by atoms with Crippen LogP contribution < -0.4 is 5.32 Å². The van der Waals surface area contributed by atoms with Gasteiger partial charge in [-0.15, -0.1) is 0 Å². The quantitative estimate of drug-likeness (QED) is 0.349. The molecular formula is C26H25ClF5N5O4S. The monoisotopic (exact) mass is 633 g/mol. The Labute approximate surface area is 242 Å². The smallest absolute Gasteiger partial charge is 0.349 e. The van der Waals surface area contributed by atoms with Crippen LogP contribution in [0.5, 0.6) is 0 Å². The summed E-state index contributed by atoms with van der Waals surface area (Å²) in [6, 6.07) is 2.55. The Bertz CT molecular complexity index is 1540. The molecule has 0 bridgehead atoms. The number of alkyl halides is 5. The van der Waals surface area contributed by atoms with E-state index < -0.39 is 92.8 Å². The van der Waals surface area contributed by atoms with E-state index in [9.17, 15) is 40.0 Å². The Balaban J connectivity index is 1.48. The van der Waals surface area contributed by atoms with E-state index in [2.05, 4.69) is 27.0 Å². The third-order valence-corrected chi connectivity index (χ3v) is 10.3. The van der Waals surface area contributed by atoms with Crippen LogP contribution in [0.25, 0.3) is 11.3 Å². The van der Waals surface area contributed by atoms with Gasteiger partial charge in [-0.25, -0.2) is 22.2 Å². The highest BCUT2D eigenvalue weighted by Gasteiger charge is 2.55. The van der Waals surface area contributed by atoms with Gasteiger partial charge in [-0.1, -0.05) is 17.7 Å². The minimum atomic E-state index is -5.10. The number of hydrogen-bond donors (Lipinski definition) is 1. The van der Waals surface area contributed by atoms with Crippen LogP contribution in [0.1, 0.15) is 31.2 Å². The standard InChI is InChI=1S/C26H25ClF5N5O4S/c1-33-11-24(4-5-24)36-22(38)16-7-15(8-17(16)23(39)37-12-25(28,29)13-37)42(40,41)20-3-2-14(6-18(20)26(30,31)32)19-9-34-10-21(27)35-19/h2-3,6,9-10,15-17H,1,4-5,7-8,11-13H2,(H,36,38). The van der Waals surface area contributed by atoms with E-state index in [1.165, 1.54) is 12.4 Å². The molecule has 3 aliphatic rings. The van der Waals surface area contributed by atoms with Crippen LogP contribution in [0.3, 0.4) is 0 Å². The second kappa shape index (κ2) is 10.5. The molecule has 2 amide bonds. The molecule has 0 radical (unpaired) electrons. The molecule has 3 atom stereocenters. The lowest BCUT2D eigenvalue weighted by Crippen LogP contribution is -2.60. The van der Waals surface area contributed by atoms with Gasteiger partial charge in [-0.2, -0.15) is 13.2 Å². The van der Waals surface area contributed by atoms with Crippen LogP contribution in [0.4, 0.5) is 22.0 Å². The van der Waals surface area contributed by atoms with Gasteiger partial charge < -0.3 is 10.2 Å². The number of halogens is 6. The first-order chi connectivity index (χ1) is 19.6. The molecule has 2 heterocycles. The number of nitrogens with zero attached hydrogens (tertiary/aromatic N) is 4. The molecule has 2 aromatic rings. The lowest BCUT2D eigenvalue weighted by molar-refractivity contribution is -0.171. The topological polar surface area (TPSA) is 122 Å². The number of carbonyl (C=O) groups excluding carboxylic acids is 2. The van der Waals surface area contributed by atoms with Crippen LogP contribution in [-0.2, 0) is 25.6 Å². The molecule has 0 spiro atoms. The molecule has 2 aliphatic carbocycles. The maximum atomic E-state index is 14.2. The zero-order valence-corrected chi connectivity index (χ0v) is 23.4. The Morgan fingerprint density at radius 1 is 1.14 bits per heavy atom. The lowest BCUT2D eigenvalue weighted by atomic mass is 9.92. The molecule has 1 aliphatic heterocycles.